The third kappa shape index (κ3) is 2.99. The highest BCUT2D eigenvalue weighted by atomic mass is 19.1. The number of nitrogens with one attached hydrogen (secondary N) is 1. The van der Waals surface area contributed by atoms with Gasteiger partial charge in [-0.25, -0.2) is 4.39 Å². The van der Waals surface area contributed by atoms with Gasteiger partial charge in [0.15, 0.2) is 0 Å². The van der Waals surface area contributed by atoms with E-state index in [1.54, 1.807) is 53.4 Å². The SMILES string of the molecule is O=CNC1=CCCN(c2ccc(-c3ccccc3F)cc2)C1=O. The summed E-state index contributed by atoms with van der Waals surface area (Å²) in [7, 11) is 0. The van der Waals surface area contributed by atoms with Crippen LogP contribution in [0.3, 0.4) is 0 Å². The lowest BCUT2D eigenvalue weighted by atomic mass is 10.0. The van der Waals surface area contributed by atoms with Gasteiger partial charge in [-0.2, -0.15) is 0 Å². The molecule has 0 fully saturated rings. The summed E-state index contributed by atoms with van der Waals surface area (Å²) in [6.07, 6.45) is 2.87. The molecule has 23 heavy (non-hydrogen) atoms. The minimum absolute atomic E-state index is 0.248. The fourth-order valence-electron chi connectivity index (χ4n) is 2.62. The first-order valence-corrected chi connectivity index (χ1v) is 7.28. The molecule has 0 spiro atoms. The van der Waals surface area contributed by atoms with Crippen LogP contribution in [0.5, 0.6) is 0 Å². The predicted molar refractivity (Wildman–Crippen MR) is 86.1 cm³/mol. The van der Waals surface area contributed by atoms with Gasteiger partial charge in [0, 0.05) is 17.8 Å². The van der Waals surface area contributed by atoms with Crippen LogP contribution in [-0.2, 0) is 9.59 Å². The zero-order chi connectivity index (χ0) is 16.2. The van der Waals surface area contributed by atoms with E-state index < -0.39 is 0 Å². The predicted octanol–water partition coefficient (Wildman–Crippen LogP) is 2.86. The molecule has 2 aromatic carbocycles. The Bertz CT molecular complexity index is 769. The zero-order valence-electron chi connectivity index (χ0n) is 12.3. The quantitative estimate of drug-likeness (QED) is 0.883. The molecule has 0 atom stereocenters. The molecule has 1 aliphatic heterocycles. The second-order valence-corrected chi connectivity index (χ2v) is 5.15. The lowest BCUT2D eigenvalue weighted by molar-refractivity contribution is -0.117. The number of carbonyl (C=O) groups excluding carboxylic acids is 2. The minimum atomic E-state index is -0.283. The molecule has 1 heterocycles. The van der Waals surface area contributed by atoms with Gasteiger partial charge in [0.2, 0.25) is 6.41 Å². The standard InChI is InChI=1S/C18H15FN2O2/c19-16-5-2-1-4-15(16)13-7-9-14(10-8-13)21-11-3-6-17(18(21)23)20-12-22/h1-2,4-10,12H,3,11H2,(H,20,22). The van der Waals surface area contributed by atoms with Crippen molar-refractivity contribution in [1.82, 2.24) is 5.32 Å². The maximum atomic E-state index is 13.8. The Hall–Kier alpha value is -2.95. The number of benzene rings is 2. The second kappa shape index (κ2) is 6.44. The van der Waals surface area contributed by atoms with Crippen LogP contribution in [0.15, 0.2) is 60.3 Å². The van der Waals surface area contributed by atoms with Crippen molar-refractivity contribution in [3.8, 4) is 11.1 Å². The zero-order valence-corrected chi connectivity index (χ0v) is 12.3. The summed E-state index contributed by atoms with van der Waals surface area (Å²) >= 11 is 0. The first-order valence-electron chi connectivity index (χ1n) is 7.28. The van der Waals surface area contributed by atoms with Crippen molar-refractivity contribution in [1.29, 1.82) is 0 Å². The lowest BCUT2D eigenvalue weighted by Gasteiger charge is -2.27. The molecule has 1 N–H and O–H groups in total. The molecule has 0 saturated heterocycles. The van der Waals surface area contributed by atoms with Gasteiger partial charge in [-0.15, -0.1) is 0 Å². The molecule has 0 unspecified atom stereocenters. The lowest BCUT2D eigenvalue weighted by Crippen LogP contribution is -2.39. The van der Waals surface area contributed by atoms with Gasteiger partial charge in [0.05, 0.1) is 0 Å². The molecular weight excluding hydrogens is 295 g/mol. The number of rotatable bonds is 4. The summed E-state index contributed by atoms with van der Waals surface area (Å²) in [4.78, 5) is 24.4. The van der Waals surface area contributed by atoms with E-state index in [0.29, 0.717) is 30.6 Å². The summed E-state index contributed by atoms with van der Waals surface area (Å²) in [5.41, 5.74) is 2.27. The average Bonchev–Trinajstić information content (AvgIpc) is 2.58. The van der Waals surface area contributed by atoms with Gasteiger partial charge in [0.1, 0.15) is 11.5 Å². The molecule has 0 aromatic heterocycles. The number of halogens is 1. The summed E-state index contributed by atoms with van der Waals surface area (Å²) in [6.45, 7) is 0.544. The van der Waals surface area contributed by atoms with Crippen molar-refractivity contribution in [2.24, 2.45) is 0 Å². The average molecular weight is 310 g/mol. The van der Waals surface area contributed by atoms with Crippen LogP contribution in [0.25, 0.3) is 11.1 Å². The van der Waals surface area contributed by atoms with Gasteiger partial charge in [0.25, 0.3) is 5.91 Å². The van der Waals surface area contributed by atoms with Gasteiger partial charge >= 0.3 is 0 Å². The van der Waals surface area contributed by atoms with Crippen LogP contribution in [0.1, 0.15) is 6.42 Å². The smallest absolute Gasteiger partial charge is 0.274 e. The molecule has 3 rings (SSSR count). The molecule has 0 radical (unpaired) electrons. The summed E-state index contributed by atoms with van der Waals surface area (Å²) in [6, 6.07) is 13.7. The molecule has 5 heteroatoms. The van der Waals surface area contributed by atoms with Crippen LogP contribution >= 0.6 is 0 Å². The van der Waals surface area contributed by atoms with Crippen molar-refractivity contribution >= 4 is 18.0 Å². The molecule has 0 bridgehead atoms. The largest absolute Gasteiger partial charge is 0.324 e. The Labute approximate surface area is 133 Å². The maximum Gasteiger partial charge on any atom is 0.274 e. The molecular formula is C18H15FN2O2. The van der Waals surface area contributed by atoms with Gasteiger partial charge < -0.3 is 10.2 Å². The van der Waals surface area contributed by atoms with E-state index in [2.05, 4.69) is 5.32 Å². The van der Waals surface area contributed by atoms with Crippen LogP contribution in [0.4, 0.5) is 10.1 Å². The van der Waals surface area contributed by atoms with E-state index in [4.69, 9.17) is 0 Å². The number of anilines is 1. The van der Waals surface area contributed by atoms with E-state index in [0.717, 1.165) is 5.56 Å². The van der Waals surface area contributed by atoms with Crippen LogP contribution in [-0.4, -0.2) is 18.9 Å². The topological polar surface area (TPSA) is 49.4 Å². The Kier molecular flexibility index (Phi) is 4.19. The van der Waals surface area contributed by atoms with E-state index >= 15 is 0 Å². The van der Waals surface area contributed by atoms with Gasteiger partial charge in [-0.05, 0) is 30.2 Å². The Morgan fingerprint density at radius 1 is 1.09 bits per heavy atom. The molecule has 116 valence electrons. The summed E-state index contributed by atoms with van der Waals surface area (Å²) in [5, 5.41) is 2.42. The first-order chi connectivity index (χ1) is 11.2. The van der Waals surface area contributed by atoms with Crippen molar-refractivity contribution in [2.75, 3.05) is 11.4 Å². The van der Waals surface area contributed by atoms with Gasteiger partial charge in [-0.3, -0.25) is 9.59 Å². The molecule has 1 aliphatic rings. The Balaban J connectivity index is 1.86. The summed E-state index contributed by atoms with van der Waals surface area (Å²) in [5.74, 6) is -0.531. The maximum absolute atomic E-state index is 13.8. The first kappa shape index (κ1) is 15.0. The summed E-state index contributed by atoms with van der Waals surface area (Å²) < 4.78 is 13.8. The normalized spacial score (nSPS) is 14.4. The Morgan fingerprint density at radius 2 is 1.83 bits per heavy atom. The minimum Gasteiger partial charge on any atom is -0.324 e. The third-order valence-corrected chi connectivity index (χ3v) is 3.75. The van der Waals surface area contributed by atoms with Crippen LogP contribution in [0, 0.1) is 5.82 Å². The molecule has 4 nitrogen and oxygen atoms in total. The Morgan fingerprint density at radius 3 is 2.52 bits per heavy atom. The molecule has 0 aliphatic carbocycles. The molecule has 2 amide bonds. The van der Waals surface area contributed by atoms with Gasteiger partial charge in [-0.1, -0.05) is 36.4 Å². The molecule has 0 saturated carbocycles. The van der Waals surface area contributed by atoms with Crippen molar-refractivity contribution < 1.29 is 14.0 Å². The van der Waals surface area contributed by atoms with E-state index in [1.165, 1.54) is 6.07 Å². The number of nitrogens with zero attached hydrogens (tertiary/aromatic N) is 1. The monoisotopic (exact) mass is 310 g/mol. The van der Waals surface area contributed by atoms with Crippen molar-refractivity contribution in [3.63, 3.8) is 0 Å². The van der Waals surface area contributed by atoms with Crippen LogP contribution < -0.4 is 10.2 Å². The number of hydrogen-bond donors (Lipinski definition) is 1. The highest BCUT2D eigenvalue weighted by molar-refractivity contribution is 6.07. The van der Waals surface area contributed by atoms with E-state index in [9.17, 15) is 14.0 Å². The van der Waals surface area contributed by atoms with Crippen LogP contribution in [0.2, 0.25) is 0 Å². The third-order valence-electron chi connectivity index (χ3n) is 3.75. The van der Waals surface area contributed by atoms with Crippen molar-refractivity contribution in [2.45, 2.75) is 6.42 Å². The van der Waals surface area contributed by atoms with E-state index in [1.807, 2.05) is 0 Å². The number of hydrogen-bond acceptors (Lipinski definition) is 2. The highest BCUT2D eigenvalue weighted by Gasteiger charge is 2.23. The fourth-order valence-corrected chi connectivity index (χ4v) is 2.62. The highest BCUT2D eigenvalue weighted by Crippen LogP contribution is 2.26. The number of carbonyl (C=O) groups is 2. The fraction of sp³-hybridized carbons (Fsp3) is 0.111. The number of amides is 2. The van der Waals surface area contributed by atoms with Crippen molar-refractivity contribution in [3.05, 3.63) is 66.1 Å². The second-order valence-electron chi connectivity index (χ2n) is 5.15. The molecule has 2 aromatic rings. The van der Waals surface area contributed by atoms with E-state index in [-0.39, 0.29) is 17.4 Å².